The van der Waals surface area contributed by atoms with Gasteiger partial charge in [0.25, 0.3) is 0 Å². The third-order valence-corrected chi connectivity index (χ3v) is 3.95. The summed E-state index contributed by atoms with van der Waals surface area (Å²) in [5.74, 6) is -5.07. The van der Waals surface area contributed by atoms with Gasteiger partial charge >= 0.3 is 12.3 Å². The summed E-state index contributed by atoms with van der Waals surface area (Å²) in [5.41, 5.74) is 6.04. The first-order chi connectivity index (χ1) is 9.53. The van der Waals surface area contributed by atoms with Crippen LogP contribution >= 0.6 is 12.2 Å². The number of sulfonamides is 1. The van der Waals surface area contributed by atoms with Crippen LogP contribution in [0.1, 0.15) is 11.1 Å². The predicted molar refractivity (Wildman–Crippen MR) is 73.9 cm³/mol. The molecule has 1 aromatic carbocycles. The summed E-state index contributed by atoms with van der Waals surface area (Å²) < 4.78 is 73.9. The van der Waals surface area contributed by atoms with Gasteiger partial charge in [0.1, 0.15) is 4.99 Å². The molecule has 4 nitrogen and oxygen atoms in total. The molecule has 0 aromatic heterocycles. The first-order valence-electron chi connectivity index (χ1n) is 5.55. The number of hydrogen-bond acceptors (Lipinski definition) is 3. The summed E-state index contributed by atoms with van der Waals surface area (Å²) in [4.78, 5) is 0.0476. The minimum absolute atomic E-state index is 0.0476. The minimum Gasteiger partial charge on any atom is -0.389 e. The van der Waals surface area contributed by atoms with Crippen molar-refractivity contribution < 1.29 is 26.0 Å². The molecule has 1 rings (SSSR count). The second-order valence-corrected chi connectivity index (χ2v) is 6.45. The lowest BCUT2D eigenvalue weighted by atomic mass is 10.1. The fraction of sp³-hybridized carbons (Fsp3) is 0.364. The fourth-order valence-electron chi connectivity index (χ4n) is 1.37. The molecule has 0 aliphatic heterocycles. The second-order valence-electron chi connectivity index (χ2n) is 4.21. The molecule has 21 heavy (non-hydrogen) atoms. The zero-order valence-electron chi connectivity index (χ0n) is 10.5. The topological polar surface area (TPSA) is 72.2 Å². The smallest absolute Gasteiger partial charge is 0.320 e. The monoisotopic (exact) mass is 344 g/mol. The van der Waals surface area contributed by atoms with Crippen LogP contribution in [-0.4, -0.2) is 32.3 Å². The molecule has 0 aliphatic carbocycles. The maximum absolute atomic E-state index is 12.7. The van der Waals surface area contributed by atoms with Crippen LogP contribution in [0.15, 0.2) is 24.3 Å². The van der Waals surface area contributed by atoms with E-state index in [1.54, 1.807) is 6.07 Å². The van der Waals surface area contributed by atoms with Crippen LogP contribution in [0.4, 0.5) is 17.6 Å². The molecule has 0 fully saturated rings. The third-order valence-electron chi connectivity index (χ3n) is 2.42. The summed E-state index contributed by atoms with van der Waals surface area (Å²) in [6, 6.07) is 5.85. The summed E-state index contributed by atoms with van der Waals surface area (Å²) in [6.07, 6.45) is -3.95. The lowest BCUT2D eigenvalue weighted by molar-refractivity contribution is -0.122. The molecule has 0 heterocycles. The van der Waals surface area contributed by atoms with Crippen molar-refractivity contribution in [3.8, 4) is 0 Å². The number of thiocarbonyl (C=S) groups is 1. The van der Waals surface area contributed by atoms with Crippen LogP contribution in [0.25, 0.3) is 0 Å². The number of nitrogens with two attached hydrogens (primary N) is 1. The first-order valence-corrected chi connectivity index (χ1v) is 7.61. The lowest BCUT2D eigenvalue weighted by Gasteiger charge is -2.16. The highest BCUT2D eigenvalue weighted by atomic mass is 32.2. The predicted octanol–water partition coefficient (Wildman–Crippen LogP) is 1.64. The summed E-state index contributed by atoms with van der Waals surface area (Å²) in [7, 11) is -4.19. The number of benzene rings is 1. The Balaban J connectivity index is 2.77. The molecule has 0 atom stereocenters. The molecule has 0 saturated carbocycles. The molecule has 118 valence electrons. The Bertz CT molecular complexity index is 620. The number of alkyl halides is 4. The van der Waals surface area contributed by atoms with E-state index in [0.717, 1.165) is 0 Å². The van der Waals surface area contributed by atoms with Crippen molar-refractivity contribution >= 4 is 27.2 Å². The highest BCUT2D eigenvalue weighted by Gasteiger charge is 2.41. The van der Waals surface area contributed by atoms with Crippen molar-refractivity contribution in [2.75, 3.05) is 6.54 Å². The van der Waals surface area contributed by atoms with Crippen molar-refractivity contribution in [2.24, 2.45) is 5.73 Å². The van der Waals surface area contributed by atoms with E-state index in [4.69, 9.17) is 18.0 Å². The van der Waals surface area contributed by atoms with Crippen LogP contribution in [0.3, 0.4) is 0 Å². The van der Waals surface area contributed by atoms with Gasteiger partial charge in [-0.2, -0.15) is 8.78 Å². The van der Waals surface area contributed by atoms with Crippen molar-refractivity contribution in [3.63, 3.8) is 0 Å². The molecular formula is C11H12F4N2O2S2. The van der Waals surface area contributed by atoms with Gasteiger partial charge < -0.3 is 5.73 Å². The molecule has 0 spiro atoms. The maximum Gasteiger partial charge on any atom is 0.320 e. The van der Waals surface area contributed by atoms with Crippen molar-refractivity contribution in [1.29, 1.82) is 0 Å². The van der Waals surface area contributed by atoms with Gasteiger partial charge in [0.2, 0.25) is 10.0 Å². The number of rotatable bonds is 7. The number of halogens is 4. The van der Waals surface area contributed by atoms with Crippen LogP contribution in [0.5, 0.6) is 0 Å². The largest absolute Gasteiger partial charge is 0.389 e. The molecule has 1 aromatic rings. The summed E-state index contributed by atoms with van der Waals surface area (Å²) in [6.45, 7) is -1.66. The Morgan fingerprint density at radius 1 is 1.38 bits per heavy atom. The van der Waals surface area contributed by atoms with Gasteiger partial charge in [-0.15, -0.1) is 0 Å². The zero-order chi connectivity index (χ0) is 16.3. The van der Waals surface area contributed by atoms with Gasteiger partial charge in [0.05, 0.1) is 12.3 Å². The number of nitrogens with one attached hydrogen (secondary N) is 1. The van der Waals surface area contributed by atoms with E-state index in [0.29, 0.717) is 5.56 Å². The van der Waals surface area contributed by atoms with E-state index in [9.17, 15) is 26.0 Å². The van der Waals surface area contributed by atoms with E-state index in [2.05, 4.69) is 0 Å². The molecule has 0 radical (unpaired) electrons. The Kier molecular flexibility index (Phi) is 5.65. The van der Waals surface area contributed by atoms with E-state index < -0.39 is 34.7 Å². The SMILES string of the molecule is NC(=S)c1cccc(CS(=O)(=O)NCC(F)(F)C(F)F)c1. The maximum atomic E-state index is 12.7. The quantitative estimate of drug-likeness (QED) is 0.583. The van der Waals surface area contributed by atoms with E-state index in [1.165, 1.54) is 22.9 Å². The van der Waals surface area contributed by atoms with Crippen molar-refractivity contribution in [3.05, 3.63) is 35.4 Å². The van der Waals surface area contributed by atoms with E-state index in [1.807, 2.05) is 0 Å². The molecule has 0 saturated heterocycles. The third kappa shape index (κ3) is 5.56. The molecular weight excluding hydrogens is 332 g/mol. The van der Waals surface area contributed by atoms with E-state index >= 15 is 0 Å². The average molecular weight is 344 g/mol. The highest BCUT2D eigenvalue weighted by Crippen LogP contribution is 2.22. The van der Waals surface area contributed by atoms with Crippen LogP contribution in [-0.2, 0) is 15.8 Å². The Hall–Kier alpha value is -1.26. The van der Waals surface area contributed by atoms with Gasteiger partial charge in [-0.3, -0.25) is 0 Å². The average Bonchev–Trinajstić information content (AvgIpc) is 2.36. The normalized spacial score (nSPS) is 12.6. The van der Waals surface area contributed by atoms with Crippen LogP contribution in [0.2, 0.25) is 0 Å². The molecule has 0 aliphatic rings. The van der Waals surface area contributed by atoms with Crippen molar-refractivity contribution in [1.82, 2.24) is 4.72 Å². The van der Waals surface area contributed by atoms with Gasteiger partial charge in [-0.1, -0.05) is 30.4 Å². The Morgan fingerprint density at radius 2 is 2.00 bits per heavy atom. The second kappa shape index (κ2) is 6.67. The highest BCUT2D eigenvalue weighted by molar-refractivity contribution is 7.88. The molecule has 0 amide bonds. The Morgan fingerprint density at radius 3 is 2.52 bits per heavy atom. The van der Waals surface area contributed by atoms with Crippen LogP contribution in [0, 0.1) is 0 Å². The molecule has 0 bridgehead atoms. The van der Waals surface area contributed by atoms with E-state index in [-0.39, 0.29) is 10.6 Å². The van der Waals surface area contributed by atoms with Gasteiger partial charge in [-0.25, -0.2) is 21.9 Å². The molecule has 3 N–H and O–H groups in total. The Labute approximate surface area is 124 Å². The van der Waals surface area contributed by atoms with Gasteiger partial charge in [-0.05, 0) is 11.6 Å². The molecule has 0 unspecified atom stereocenters. The fourth-order valence-corrected chi connectivity index (χ4v) is 2.63. The van der Waals surface area contributed by atoms with Crippen molar-refractivity contribution in [2.45, 2.75) is 18.1 Å². The standard InChI is InChI=1S/C11H12F4N2O2S2/c12-10(13)11(14,15)6-17-21(18,19)5-7-2-1-3-8(4-7)9(16)20/h1-4,10,17H,5-6H2,(H2,16,20). The van der Waals surface area contributed by atoms with Gasteiger partial charge in [0.15, 0.2) is 0 Å². The minimum atomic E-state index is -4.42. The van der Waals surface area contributed by atoms with Crippen LogP contribution < -0.4 is 10.5 Å². The summed E-state index contributed by atoms with van der Waals surface area (Å²) in [5, 5.41) is 0. The zero-order valence-corrected chi connectivity index (χ0v) is 12.2. The summed E-state index contributed by atoms with van der Waals surface area (Å²) >= 11 is 4.72. The molecule has 10 heteroatoms. The first kappa shape index (κ1) is 17.8. The lowest BCUT2D eigenvalue weighted by Crippen LogP contribution is -2.41. The number of hydrogen-bond donors (Lipinski definition) is 2. The van der Waals surface area contributed by atoms with Gasteiger partial charge in [0, 0.05) is 5.56 Å².